The molecule has 2 aromatic carbocycles. The van der Waals surface area contributed by atoms with E-state index in [1.54, 1.807) is 0 Å². The van der Waals surface area contributed by atoms with Gasteiger partial charge < -0.3 is 19.9 Å². The lowest BCUT2D eigenvalue weighted by Gasteiger charge is -2.17. The number of nitrogens with two attached hydrogens (primary N) is 1. The Balaban J connectivity index is 1.67. The summed E-state index contributed by atoms with van der Waals surface area (Å²) < 4.78 is 15.7. The molecule has 1 aliphatic carbocycles. The van der Waals surface area contributed by atoms with Crippen LogP contribution in [0.15, 0.2) is 42.5 Å². The molecule has 0 radical (unpaired) electrons. The highest BCUT2D eigenvalue weighted by atomic mass is 16.6. The second-order valence-corrected chi connectivity index (χ2v) is 6.34. The van der Waals surface area contributed by atoms with Gasteiger partial charge in [0, 0.05) is 13.5 Å². The topological polar surface area (TPSA) is 87.9 Å². The second-order valence-electron chi connectivity index (χ2n) is 6.34. The van der Waals surface area contributed by atoms with E-state index in [1.165, 1.54) is 29.2 Å². The first-order valence-electron chi connectivity index (χ1n) is 8.91. The zero-order valence-electron chi connectivity index (χ0n) is 15.3. The molecule has 0 amide bonds. The molecule has 0 aliphatic heterocycles. The molecule has 0 saturated carbocycles. The predicted octanol–water partition coefficient (Wildman–Crippen LogP) is 2.21. The molecule has 0 aromatic heterocycles. The minimum absolute atomic E-state index is 0.137. The first-order valence-corrected chi connectivity index (χ1v) is 8.91. The van der Waals surface area contributed by atoms with Gasteiger partial charge in [-0.25, -0.2) is 4.79 Å². The van der Waals surface area contributed by atoms with Gasteiger partial charge in [0.1, 0.15) is 13.2 Å². The summed E-state index contributed by atoms with van der Waals surface area (Å²) in [6, 6.07) is 14.3. The number of ether oxygens (including phenoxy) is 3. The van der Waals surface area contributed by atoms with Gasteiger partial charge >= 0.3 is 11.9 Å². The van der Waals surface area contributed by atoms with Crippen molar-refractivity contribution in [3.63, 3.8) is 0 Å². The first-order chi connectivity index (χ1) is 13.1. The van der Waals surface area contributed by atoms with Crippen LogP contribution in [0.25, 0.3) is 11.1 Å². The van der Waals surface area contributed by atoms with Crippen molar-refractivity contribution in [2.24, 2.45) is 5.73 Å². The zero-order chi connectivity index (χ0) is 19.2. The number of rotatable bonds is 8. The smallest absolute Gasteiger partial charge is 0.339 e. The standard InChI is InChI=1S/C21H23NO5/c1-14(23)26-13-20(25-10-9-22)21(24)27-12-16-6-4-8-18-17-7-3-2-5-15(17)11-19(16)18/h2-8,20H,9-13,22H2,1H3. The predicted molar refractivity (Wildman–Crippen MR) is 99.9 cm³/mol. The first kappa shape index (κ1) is 19.1. The van der Waals surface area contributed by atoms with Crippen LogP contribution in [-0.2, 0) is 36.8 Å². The molecule has 6 heteroatoms. The van der Waals surface area contributed by atoms with Crippen LogP contribution in [0, 0.1) is 0 Å². The van der Waals surface area contributed by atoms with Crippen molar-refractivity contribution in [3.05, 3.63) is 59.2 Å². The maximum Gasteiger partial charge on any atom is 0.339 e. The van der Waals surface area contributed by atoms with Crippen LogP contribution in [0.3, 0.4) is 0 Å². The number of carbonyl (C=O) groups is 2. The summed E-state index contributed by atoms with van der Waals surface area (Å²) in [7, 11) is 0. The molecule has 142 valence electrons. The summed E-state index contributed by atoms with van der Waals surface area (Å²) in [5, 5.41) is 0. The van der Waals surface area contributed by atoms with E-state index in [2.05, 4.69) is 18.2 Å². The zero-order valence-corrected chi connectivity index (χ0v) is 15.3. The normalized spacial score (nSPS) is 12.8. The van der Waals surface area contributed by atoms with Crippen molar-refractivity contribution in [3.8, 4) is 11.1 Å². The van der Waals surface area contributed by atoms with Crippen molar-refractivity contribution in [2.45, 2.75) is 26.1 Å². The fraction of sp³-hybridized carbons (Fsp3) is 0.333. The SMILES string of the molecule is CC(=O)OCC(OCCN)C(=O)OCc1cccc2c1Cc1ccccc1-2. The fourth-order valence-corrected chi connectivity index (χ4v) is 3.19. The summed E-state index contributed by atoms with van der Waals surface area (Å²) >= 11 is 0. The van der Waals surface area contributed by atoms with E-state index >= 15 is 0 Å². The number of benzene rings is 2. The van der Waals surface area contributed by atoms with E-state index in [0.717, 1.165) is 12.0 Å². The molecule has 3 rings (SSSR count). The third-order valence-corrected chi connectivity index (χ3v) is 4.46. The summed E-state index contributed by atoms with van der Waals surface area (Å²) in [5.41, 5.74) is 11.2. The lowest BCUT2D eigenvalue weighted by Crippen LogP contribution is -2.33. The molecule has 0 spiro atoms. The van der Waals surface area contributed by atoms with Crippen molar-refractivity contribution >= 4 is 11.9 Å². The molecular formula is C21H23NO5. The Morgan fingerprint density at radius 1 is 1.07 bits per heavy atom. The molecule has 27 heavy (non-hydrogen) atoms. The Bertz CT molecular complexity index is 833. The number of esters is 2. The highest BCUT2D eigenvalue weighted by Gasteiger charge is 2.24. The van der Waals surface area contributed by atoms with Crippen LogP contribution in [0.1, 0.15) is 23.6 Å². The van der Waals surface area contributed by atoms with Crippen molar-refractivity contribution in [1.29, 1.82) is 0 Å². The fourth-order valence-electron chi connectivity index (χ4n) is 3.19. The summed E-state index contributed by atoms with van der Waals surface area (Å²) in [4.78, 5) is 23.4. The molecular weight excluding hydrogens is 346 g/mol. The maximum atomic E-state index is 12.4. The van der Waals surface area contributed by atoms with E-state index in [-0.39, 0.29) is 26.4 Å². The molecule has 0 saturated heterocycles. The molecule has 2 N–H and O–H groups in total. The van der Waals surface area contributed by atoms with Crippen LogP contribution >= 0.6 is 0 Å². The van der Waals surface area contributed by atoms with E-state index in [1.807, 2.05) is 24.3 Å². The van der Waals surface area contributed by atoms with E-state index < -0.39 is 18.0 Å². The highest BCUT2D eigenvalue weighted by Crippen LogP contribution is 2.38. The Morgan fingerprint density at radius 3 is 2.63 bits per heavy atom. The minimum Gasteiger partial charge on any atom is -0.462 e. The summed E-state index contributed by atoms with van der Waals surface area (Å²) in [6.45, 7) is 1.66. The molecule has 0 heterocycles. The molecule has 1 atom stereocenters. The van der Waals surface area contributed by atoms with Gasteiger partial charge in [0.15, 0.2) is 6.10 Å². The van der Waals surface area contributed by atoms with Gasteiger partial charge in [0.2, 0.25) is 0 Å². The van der Waals surface area contributed by atoms with Crippen LogP contribution in [0.4, 0.5) is 0 Å². The van der Waals surface area contributed by atoms with Crippen LogP contribution in [-0.4, -0.2) is 37.8 Å². The number of hydrogen-bond acceptors (Lipinski definition) is 6. The molecule has 2 aromatic rings. The lowest BCUT2D eigenvalue weighted by atomic mass is 10.0. The largest absolute Gasteiger partial charge is 0.462 e. The number of hydrogen-bond donors (Lipinski definition) is 1. The Labute approximate surface area is 158 Å². The quantitative estimate of drug-likeness (QED) is 0.613. The summed E-state index contributed by atoms with van der Waals surface area (Å²) in [6.07, 6.45) is -0.161. The Kier molecular flexibility index (Phi) is 6.21. The van der Waals surface area contributed by atoms with Gasteiger partial charge in [-0.3, -0.25) is 4.79 Å². The summed E-state index contributed by atoms with van der Waals surface area (Å²) in [5.74, 6) is -1.05. The second kappa shape index (κ2) is 8.79. The lowest BCUT2D eigenvalue weighted by molar-refractivity contribution is -0.165. The third kappa shape index (κ3) is 4.53. The number of carbonyl (C=O) groups excluding carboxylic acids is 2. The molecule has 1 aliphatic rings. The van der Waals surface area contributed by atoms with Crippen LogP contribution in [0.2, 0.25) is 0 Å². The average Bonchev–Trinajstić information content (AvgIpc) is 3.05. The van der Waals surface area contributed by atoms with Gasteiger partial charge in [0.05, 0.1) is 6.61 Å². The van der Waals surface area contributed by atoms with Crippen molar-refractivity contribution in [2.75, 3.05) is 19.8 Å². The highest BCUT2D eigenvalue weighted by molar-refractivity contribution is 5.78. The molecule has 1 unspecified atom stereocenters. The average molecular weight is 369 g/mol. The van der Waals surface area contributed by atoms with Gasteiger partial charge in [-0.15, -0.1) is 0 Å². The minimum atomic E-state index is -0.980. The Morgan fingerprint density at radius 2 is 1.85 bits per heavy atom. The van der Waals surface area contributed by atoms with E-state index in [9.17, 15) is 9.59 Å². The van der Waals surface area contributed by atoms with Gasteiger partial charge in [-0.05, 0) is 34.2 Å². The van der Waals surface area contributed by atoms with Gasteiger partial charge in [0.25, 0.3) is 0 Å². The van der Waals surface area contributed by atoms with Gasteiger partial charge in [-0.1, -0.05) is 42.5 Å². The molecule has 6 nitrogen and oxygen atoms in total. The Hall–Kier alpha value is -2.70. The monoisotopic (exact) mass is 369 g/mol. The van der Waals surface area contributed by atoms with Gasteiger partial charge in [-0.2, -0.15) is 0 Å². The van der Waals surface area contributed by atoms with Crippen molar-refractivity contribution in [1.82, 2.24) is 0 Å². The maximum absolute atomic E-state index is 12.4. The third-order valence-electron chi connectivity index (χ3n) is 4.46. The molecule has 0 fully saturated rings. The van der Waals surface area contributed by atoms with E-state index in [0.29, 0.717) is 0 Å². The van der Waals surface area contributed by atoms with Crippen LogP contribution in [0.5, 0.6) is 0 Å². The van der Waals surface area contributed by atoms with E-state index in [4.69, 9.17) is 19.9 Å². The van der Waals surface area contributed by atoms with Crippen LogP contribution < -0.4 is 5.73 Å². The molecule has 0 bridgehead atoms. The van der Waals surface area contributed by atoms with Crippen molar-refractivity contribution < 1.29 is 23.8 Å². The number of fused-ring (bicyclic) bond motifs is 3.